The number of hydrogen-bond donors (Lipinski definition) is 0. The summed E-state index contributed by atoms with van der Waals surface area (Å²) in [7, 11) is 0. The Labute approximate surface area is 104 Å². The van der Waals surface area contributed by atoms with Crippen LogP contribution in [-0.4, -0.2) is 6.61 Å². The van der Waals surface area contributed by atoms with Gasteiger partial charge in [-0.1, -0.05) is 37.8 Å². The molecule has 1 saturated carbocycles. The van der Waals surface area contributed by atoms with Crippen LogP contribution in [0.3, 0.4) is 0 Å². The minimum atomic E-state index is 0.348. The maximum Gasteiger partial charge on any atom is 0.148 e. The van der Waals surface area contributed by atoms with E-state index in [1.165, 1.54) is 31.2 Å². The number of hydrogen-bond acceptors (Lipinski definition) is 1. The lowest BCUT2D eigenvalue weighted by Crippen LogP contribution is -2.10. The Hall–Kier alpha value is -1.42. The molecule has 0 bridgehead atoms. The molecule has 0 amide bonds. The summed E-state index contributed by atoms with van der Waals surface area (Å²) in [6.45, 7) is 2.70. The van der Waals surface area contributed by atoms with Crippen LogP contribution in [0.5, 0.6) is 5.75 Å². The van der Waals surface area contributed by atoms with Crippen LogP contribution in [-0.2, 0) is 0 Å². The monoisotopic (exact) mass is 228 g/mol. The molecule has 0 aromatic heterocycles. The molecule has 1 heteroatoms. The van der Waals surface area contributed by atoms with Crippen molar-refractivity contribution in [1.29, 1.82) is 0 Å². The first-order valence-corrected chi connectivity index (χ1v) is 6.46. The molecule has 0 saturated heterocycles. The van der Waals surface area contributed by atoms with E-state index in [-0.39, 0.29) is 0 Å². The fourth-order valence-electron chi connectivity index (χ4n) is 2.55. The van der Waals surface area contributed by atoms with Crippen LogP contribution in [0.2, 0.25) is 0 Å². The predicted molar refractivity (Wildman–Crippen MR) is 71.1 cm³/mol. The highest BCUT2D eigenvalue weighted by atomic mass is 16.5. The molecule has 1 aliphatic rings. The molecule has 0 aliphatic heterocycles. The molecule has 0 spiro atoms. The van der Waals surface area contributed by atoms with Gasteiger partial charge in [0.05, 0.1) is 0 Å². The Balaban J connectivity index is 1.96. The fourth-order valence-corrected chi connectivity index (χ4v) is 2.55. The van der Waals surface area contributed by atoms with Gasteiger partial charge in [0.1, 0.15) is 12.4 Å². The average molecular weight is 228 g/mol. The van der Waals surface area contributed by atoms with Crippen molar-refractivity contribution in [2.75, 3.05) is 6.61 Å². The smallest absolute Gasteiger partial charge is 0.148 e. The Morgan fingerprint density at radius 2 is 1.82 bits per heavy atom. The molecule has 0 N–H and O–H groups in total. The van der Waals surface area contributed by atoms with Gasteiger partial charge in [0.15, 0.2) is 0 Å². The lowest BCUT2D eigenvalue weighted by atomic mass is 9.79. The molecule has 1 nitrogen and oxygen atoms in total. The van der Waals surface area contributed by atoms with E-state index in [4.69, 9.17) is 11.2 Å². The van der Waals surface area contributed by atoms with E-state index in [1.807, 2.05) is 12.1 Å². The van der Waals surface area contributed by atoms with Gasteiger partial charge in [0.2, 0.25) is 0 Å². The average Bonchev–Trinajstić information content (AvgIpc) is 2.38. The Morgan fingerprint density at radius 1 is 1.18 bits per heavy atom. The zero-order valence-electron chi connectivity index (χ0n) is 10.5. The van der Waals surface area contributed by atoms with Crippen molar-refractivity contribution in [2.24, 2.45) is 5.92 Å². The molecule has 0 radical (unpaired) electrons. The molecule has 1 fully saturated rings. The third-order valence-corrected chi connectivity index (χ3v) is 3.69. The second-order valence-corrected chi connectivity index (χ2v) is 5.02. The Bertz CT molecular complexity index is 377. The highest BCUT2D eigenvalue weighted by molar-refractivity contribution is 5.30. The second kappa shape index (κ2) is 5.77. The van der Waals surface area contributed by atoms with Crippen molar-refractivity contribution in [3.8, 4) is 18.1 Å². The number of benzene rings is 1. The molecule has 1 aromatic carbocycles. The zero-order valence-corrected chi connectivity index (χ0v) is 10.5. The first kappa shape index (κ1) is 12.0. The van der Waals surface area contributed by atoms with Gasteiger partial charge in [-0.15, -0.1) is 6.42 Å². The van der Waals surface area contributed by atoms with Crippen LogP contribution in [0.15, 0.2) is 24.3 Å². The molecule has 0 heterocycles. The topological polar surface area (TPSA) is 9.23 Å². The van der Waals surface area contributed by atoms with Gasteiger partial charge in [-0.2, -0.15) is 0 Å². The van der Waals surface area contributed by atoms with Crippen molar-refractivity contribution in [1.82, 2.24) is 0 Å². The molecule has 17 heavy (non-hydrogen) atoms. The van der Waals surface area contributed by atoms with Crippen LogP contribution < -0.4 is 4.74 Å². The largest absolute Gasteiger partial charge is 0.481 e. The van der Waals surface area contributed by atoms with Gasteiger partial charge in [-0.25, -0.2) is 0 Å². The normalized spacial score (nSPS) is 24.0. The molecule has 2 rings (SSSR count). The first-order valence-electron chi connectivity index (χ1n) is 6.46. The van der Waals surface area contributed by atoms with Gasteiger partial charge in [0, 0.05) is 0 Å². The van der Waals surface area contributed by atoms with E-state index in [9.17, 15) is 0 Å². The van der Waals surface area contributed by atoms with E-state index in [2.05, 4.69) is 25.0 Å². The molecule has 1 aromatic rings. The quantitative estimate of drug-likeness (QED) is 0.711. The summed E-state index contributed by atoms with van der Waals surface area (Å²) in [6, 6.07) is 8.44. The van der Waals surface area contributed by atoms with Crippen LogP contribution >= 0.6 is 0 Å². The number of rotatable bonds is 3. The molecular formula is C16H20O. The van der Waals surface area contributed by atoms with Crippen LogP contribution in [0.1, 0.15) is 44.1 Å². The standard InChI is InChI=1S/C16H20O/c1-3-12-17-16-10-8-15(9-11-16)14-6-4-13(2)5-7-14/h1,8-11,13-14H,4-7,12H2,2H3. The maximum atomic E-state index is 5.38. The lowest BCUT2D eigenvalue weighted by Gasteiger charge is -2.26. The second-order valence-electron chi connectivity index (χ2n) is 5.02. The molecule has 90 valence electrons. The molecular weight excluding hydrogens is 208 g/mol. The highest BCUT2D eigenvalue weighted by Gasteiger charge is 2.19. The van der Waals surface area contributed by atoms with Gasteiger partial charge in [-0.05, 0) is 42.4 Å². The number of ether oxygens (including phenoxy) is 1. The lowest BCUT2D eigenvalue weighted by molar-refractivity contribution is 0.347. The van der Waals surface area contributed by atoms with Gasteiger partial charge < -0.3 is 4.74 Å². The highest BCUT2D eigenvalue weighted by Crippen LogP contribution is 2.35. The van der Waals surface area contributed by atoms with Crippen molar-refractivity contribution in [3.63, 3.8) is 0 Å². The number of terminal acetylenes is 1. The molecule has 0 atom stereocenters. The van der Waals surface area contributed by atoms with E-state index < -0.39 is 0 Å². The minimum Gasteiger partial charge on any atom is -0.481 e. The predicted octanol–water partition coefficient (Wildman–Crippen LogP) is 3.99. The third kappa shape index (κ3) is 3.27. The van der Waals surface area contributed by atoms with Crippen LogP contribution in [0, 0.1) is 18.3 Å². The van der Waals surface area contributed by atoms with Crippen molar-refractivity contribution < 1.29 is 4.74 Å². The maximum absolute atomic E-state index is 5.38. The van der Waals surface area contributed by atoms with Crippen molar-refractivity contribution >= 4 is 0 Å². The van der Waals surface area contributed by atoms with E-state index in [0.717, 1.165) is 17.6 Å². The summed E-state index contributed by atoms with van der Waals surface area (Å²) in [4.78, 5) is 0. The summed E-state index contributed by atoms with van der Waals surface area (Å²) < 4.78 is 5.38. The molecule has 0 unspecified atom stereocenters. The summed E-state index contributed by atoms with van der Waals surface area (Å²) in [5.41, 5.74) is 1.45. The fraction of sp³-hybridized carbons (Fsp3) is 0.500. The molecule has 1 aliphatic carbocycles. The van der Waals surface area contributed by atoms with Gasteiger partial charge in [0.25, 0.3) is 0 Å². The SMILES string of the molecule is C#CCOc1ccc(C2CCC(C)CC2)cc1. The minimum absolute atomic E-state index is 0.348. The summed E-state index contributed by atoms with van der Waals surface area (Å²) in [6.07, 6.45) is 10.5. The zero-order chi connectivity index (χ0) is 12.1. The van der Waals surface area contributed by atoms with Crippen LogP contribution in [0.4, 0.5) is 0 Å². The summed E-state index contributed by atoms with van der Waals surface area (Å²) in [5, 5.41) is 0. The summed E-state index contributed by atoms with van der Waals surface area (Å²) in [5.74, 6) is 5.00. The van der Waals surface area contributed by atoms with E-state index >= 15 is 0 Å². The van der Waals surface area contributed by atoms with Crippen LogP contribution in [0.25, 0.3) is 0 Å². The Morgan fingerprint density at radius 3 is 2.41 bits per heavy atom. The van der Waals surface area contributed by atoms with E-state index in [1.54, 1.807) is 0 Å². The van der Waals surface area contributed by atoms with Gasteiger partial charge in [-0.3, -0.25) is 0 Å². The third-order valence-electron chi connectivity index (χ3n) is 3.69. The van der Waals surface area contributed by atoms with Crippen molar-refractivity contribution in [3.05, 3.63) is 29.8 Å². The van der Waals surface area contributed by atoms with Crippen molar-refractivity contribution in [2.45, 2.75) is 38.5 Å². The Kier molecular flexibility index (Phi) is 4.09. The van der Waals surface area contributed by atoms with Gasteiger partial charge >= 0.3 is 0 Å². The van der Waals surface area contributed by atoms with E-state index in [0.29, 0.717) is 6.61 Å². The summed E-state index contributed by atoms with van der Waals surface area (Å²) >= 11 is 0. The first-order chi connectivity index (χ1) is 8.29.